The van der Waals surface area contributed by atoms with E-state index in [0.29, 0.717) is 34.7 Å². The minimum Gasteiger partial charge on any atom is -0.393 e. The molecule has 8 nitrogen and oxygen atoms in total. The summed E-state index contributed by atoms with van der Waals surface area (Å²) in [6, 6.07) is 3.37. The lowest BCUT2D eigenvalue weighted by Gasteiger charge is -2.28. The SMILES string of the molecule is CC(C)CN(CC(C)C)c1ncnc(NNC(=O)c2cccnc2)c1N. The van der Waals surface area contributed by atoms with Gasteiger partial charge in [-0.05, 0) is 24.0 Å². The van der Waals surface area contributed by atoms with E-state index < -0.39 is 0 Å². The number of nitrogens with two attached hydrogens (primary N) is 1. The van der Waals surface area contributed by atoms with Crippen LogP contribution >= 0.6 is 0 Å². The molecule has 0 spiro atoms. The highest BCUT2D eigenvalue weighted by atomic mass is 16.2. The van der Waals surface area contributed by atoms with E-state index in [1.807, 2.05) is 0 Å². The zero-order chi connectivity index (χ0) is 19.1. The molecule has 0 atom stereocenters. The zero-order valence-corrected chi connectivity index (χ0v) is 15.7. The van der Waals surface area contributed by atoms with Gasteiger partial charge >= 0.3 is 0 Å². The molecule has 2 aromatic rings. The number of hydrogen-bond acceptors (Lipinski definition) is 7. The smallest absolute Gasteiger partial charge is 0.271 e. The number of amides is 1. The Labute approximate surface area is 154 Å². The third kappa shape index (κ3) is 5.30. The predicted molar refractivity (Wildman–Crippen MR) is 104 cm³/mol. The first-order valence-electron chi connectivity index (χ1n) is 8.70. The molecule has 0 saturated heterocycles. The number of nitrogens with one attached hydrogen (secondary N) is 2. The molecule has 0 aliphatic rings. The van der Waals surface area contributed by atoms with Gasteiger partial charge in [0.15, 0.2) is 11.6 Å². The van der Waals surface area contributed by atoms with E-state index in [1.54, 1.807) is 18.3 Å². The molecule has 0 unspecified atom stereocenters. The van der Waals surface area contributed by atoms with Crippen LogP contribution in [0.3, 0.4) is 0 Å². The van der Waals surface area contributed by atoms with Crippen LogP contribution < -0.4 is 21.5 Å². The molecule has 2 aromatic heterocycles. The second-order valence-corrected chi connectivity index (χ2v) is 6.97. The Morgan fingerprint density at radius 3 is 2.46 bits per heavy atom. The monoisotopic (exact) mass is 357 g/mol. The molecule has 0 bridgehead atoms. The number of nitrogen functional groups attached to an aromatic ring is 1. The number of carbonyl (C=O) groups is 1. The zero-order valence-electron chi connectivity index (χ0n) is 15.7. The molecule has 0 aliphatic carbocycles. The van der Waals surface area contributed by atoms with Crippen molar-refractivity contribution in [3.8, 4) is 0 Å². The van der Waals surface area contributed by atoms with Crippen molar-refractivity contribution in [3.63, 3.8) is 0 Å². The fourth-order valence-corrected chi connectivity index (χ4v) is 2.55. The average Bonchev–Trinajstić information content (AvgIpc) is 2.60. The Kier molecular flexibility index (Phi) is 6.71. The summed E-state index contributed by atoms with van der Waals surface area (Å²) in [4.78, 5) is 26.7. The maximum atomic E-state index is 12.1. The molecule has 26 heavy (non-hydrogen) atoms. The van der Waals surface area contributed by atoms with Crippen molar-refractivity contribution < 1.29 is 4.79 Å². The Morgan fingerprint density at radius 2 is 1.88 bits per heavy atom. The standard InChI is InChI=1S/C18H27N7O/c1-12(2)9-25(10-13(3)4)17-15(19)16(21-11-22-17)23-24-18(26)14-6-5-7-20-8-14/h5-8,11-13H,9-10,19H2,1-4H3,(H,24,26)(H,21,22,23). The Morgan fingerprint density at radius 1 is 1.19 bits per heavy atom. The molecule has 2 rings (SSSR count). The highest BCUT2D eigenvalue weighted by Gasteiger charge is 2.18. The number of aromatic nitrogens is 3. The quantitative estimate of drug-likeness (QED) is 0.622. The first kappa shape index (κ1) is 19.4. The van der Waals surface area contributed by atoms with E-state index in [-0.39, 0.29) is 5.91 Å². The second kappa shape index (κ2) is 8.98. The Balaban J connectivity index is 2.15. The Bertz CT molecular complexity index is 709. The van der Waals surface area contributed by atoms with Gasteiger partial charge < -0.3 is 10.6 Å². The minimum absolute atomic E-state index is 0.320. The van der Waals surface area contributed by atoms with Crippen LogP contribution in [0.2, 0.25) is 0 Å². The molecule has 1 amide bonds. The summed E-state index contributed by atoms with van der Waals surface area (Å²) >= 11 is 0. The molecule has 8 heteroatoms. The maximum Gasteiger partial charge on any atom is 0.271 e. The average molecular weight is 357 g/mol. The molecule has 0 radical (unpaired) electrons. The van der Waals surface area contributed by atoms with Crippen molar-refractivity contribution in [2.24, 2.45) is 11.8 Å². The van der Waals surface area contributed by atoms with Crippen LogP contribution in [0.1, 0.15) is 38.1 Å². The topological polar surface area (TPSA) is 109 Å². The van der Waals surface area contributed by atoms with E-state index in [2.05, 4.69) is 58.4 Å². The number of carbonyl (C=O) groups excluding carboxylic acids is 1. The molecule has 0 aliphatic heterocycles. The van der Waals surface area contributed by atoms with Crippen LogP contribution in [0.5, 0.6) is 0 Å². The Hall–Kier alpha value is -2.90. The summed E-state index contributed by atoms with van der Waals surface area (Å²) in [6.07, 6.45) is 4.54. The normalized spacial score (nSPS) is 10.8. The van der Waals surface area contributed by atoms with Gasteiger partial charge in [-0.1, -0.05) is 27.7 Å². The molecule has 140 valence electrons. The summed E-state index contributed by atoms with van der Waals surface area (Å²) in [7, 11) is 0. The van der Waals surface area contributed by atoms with Gasteiger partial charge in [-0.15, -0.1) is 0 Å². The number of pyridine rings is 1. The van der Waals surface area contributed by atoms with Gasteiger partial charge in [0.2, 0.25) is 0 Å². The van der Waals surface area contributed by atoms with Crippen LogP contribution in [-0.2, 0) is 0 Å². The summed E-state index contributed by atoms with van der Waals surface area (Å²) in [6.45, 7) is 10.3. The van der Waals surface area contributed by atoms with Gasteiger partial charge in [-0.3, -0.25) is 20.6 Å². The summed E-state index contributed by atoms with van der Waals surface area (Å²) in [5, 5.41) is 0. The first-order chi connectivity index (χ1) is 12.4. The first-order valence-corrected chi connectivity index (χ1v) is 8.70. The van der Waals surface area contributed by atoms with Gasteiger partial charge in [0, 0.05) is 25.5 Å². The van der Waals surface area contributed by atoms with Crippen LogP contribution in [0.15, 0.2) is 30.9 Å². The maximum absolute atomic E-state index is 12.1. The fourth-order valence-electron chi connectivity index (χ4n) is 2.55. The number of hydrogen-bond donors (Lipinski definition) is 3. The van der Waals surface area contributed by atoms with E-state index >= 15 is 0 Å². The van der Waals surface area contributed by atoms with Crippen molar-refractivity contribution in [3.05, 3.63) is 36.4 Å². The lowest BCUT2D eigenvalue weighted by molar-refractivity contribution is 0.0962. The van der Waals surface area contributed by atoms with E-state index in [4.69, 9.17) is 5.73 Å². The molecule has 0 saturated carbocycles. The molecular weight excluding hydrogens is 330 g/mol. The molecule has 0 aromatic carbocycles. The lowest BCUT2D eigenvalue weighted by Crippen LogP contribution is -2.34. The number of hydrazine groups is 1. The van der Waals surface area contributed by atoms with Crippen LogP contribution in [0.25, 0.3) is 0 Å². The summed E-state index contributed by atoms with van der Waals surface area (Å²) in [5.41, 5.74) is 12.5. The van der Waals surface area contributed by atoms with Crippen molar-refractivity contribution in [1.29, 1.82) is 0 Å². The van der Waals surface area contributed by atoms with Gasteiger partial charge in [-0.2, -0.15) is 0 Å². The summed E-state index contributed by atoms with van der Waals surface area (Å²) < 4.78 is 0. The third-order valence-electron chi connectivity index (χ3n) is 3.55. The van der Waals surface area contributed by atoms with Gasteiger partial charge in [0.25, 0.3) is 5.91 Å². The third-order valence-corrected chi connectivity index (χ3v) is 3.55. The number of rotatable bonds is 8. The molecular formula is C18H27N7O. The van der Waals surface area contributed by atoms with E-state index in [0.717, 1.165) is 13.1 Å². The van der Waals surface area contributed by atoms with Gasteiger partial charge in [0.1, 0.15) is 12.0 Å². The summed E-state index contributed by atoms with van der Waals surface area (Å²) in [5.74, 6) is 1.64. The van der Waals surface area contributed by atoms with Crippen molar-refractivity contribution >= 4 is 23.2 Å². The van der Waals surface area contributed by atoms with Crippen LogP contribution in [-0.4, -0.2) is 33.9 Å². The molecule has 2 heterocycles. The second-order valence-electron chi connectivity index (χ2n) is 6.97. The van der Waals surface area contributed by atoms with Crippen LogP contribution in [0, 0.1) is 11.8 Å². The van der Waals surface area contributed by atoms with Crippen molar-refractivity contribution in [1.82, 2.24) is 20.4 Å². The molecule has 4 N–H and O–H groups in total. The number of anilines is 3. The van der Waals surface area contributed by atoms with Gasteiger partial charge in [-0.25, -0.2) is 9.97 Å². The van der Waals surface area contributed by atoms with E-state index in [9.17, 15) is 4.79 Å². The largest absolute Gasteiger partial charge is 0.393 e. The minimum atomic E-state index is -0.320. The van der Waals surface area contributed by atoms with Crippen molar-refractivity contribution in [2.75, 3.05) is 29.1 Å². The highest BCUT2D eigenvalue weighted by molar-refractivity contribution is 5.94. The van der Waals surface area contributed by atoms with Gasteiger partial charge in [0.05, 0.1) is 5.56 Å². The molecule has 0 fully saturated rings. The fraction of sp³-hybridized carbons (Fsp3) is 0.444. The lowest BCUT2D eigenvalue weighted by atomic mass is 10.1. The highest BCUT2D eigenvalue weighted by Crippen LogP contribution is 2.27. The van der Waals surface area contributed by atoms with Crippen molar-refractivity contribution in [2.45, 2.75) is 27.7 Å². The number of nitrogens with zero attached hydrogens (tertiary/aromatic N) is 4. The van der Waals surface area contributed by atoms with E-state index in [1.165, 1.54) is 12.5 Å². The van der Waals surface area contributed by atoms with Crippen LogP contribution in [0.4, 0.5) is 17.3 Å². The predicted octanol–water partition coefficient (Wildman–Crippen LogP) is 2.33.